The lowest BCUT2D eigenvalue weighted by atomic mass is 10.1. The van der Waals surface area contributed by atoms with Gasteiger partial charge in [-0.2, -0.15) is 0 Å². The van der Waals surface area contributed by atoms with Crippen molar-refractivity contribution >= 4 is 57.5 Å². The van der Waals surface area contributed by atoms with Gasteiger partial charge in [0.15, 0.2) is 11.5 Å². The molecule has 158 valence electrons. The average molecular weight is 533 g/mol. The van der Waals surface area contributed by atoms with E-state index in [0.717, 1.165) is 20.2 Å². The Bertz CT molecular complexity index is 837. The van der Waals surface area contributed by atoms with Gasteiger partial charge in [0.25, 0.3) is 11.1 Å². The molecule has 0 bridgehead atoms. The van der Waals surface area contributed by atoms with Gasteiger partial charge in [-0.25, -0.2) is 0 Å². The van der Waals surface area contributed by atoms with Crippen molar-refractivity contribution in [2.45, 2.75) is 46.8 Å². The van der Waals surface area contributed by atoms with Crippen molar-refractivity contribution in [1.29, 1.82) is 0 Å². The average Bonchev–Trinajstić information content (AvgIpc) is 2.85. The molecule has 1 aliphatic rings. The van der Waals surface area contributed by atoms with Crippen LogP contribution in [0.3, 0.4) is 0 Å². The Hall–Kier alpha value is -1.75. The normalized spacial score (nSPS) is 15.6. The molecule has 0 saturated carbocycles. The largest absolute Gasteiger partial charge is 0.490 e. The van der Waals surface area contributed by atoms with Gasteiger partial charge < -0.3 is 14.2 Å². The van der Waals surface area contributed by atoms with Gasteiger partial charge in [-0.15, -0.1) is 0 Å². The third-order valence-corrected chi connectivity index (χ3v) is 5.22. The van der Waals surface area contributed by atoms with Crippen LogP contribution in [0.25, 0.3) is 6.08 Å². The number of ether oxygens (including phenoxy) is 3. The molecule has 1 aromatic carbocycles. The van der Waals surface area contributed by atoms with Gasteiger partial charge in [0.1, 0.15) is 6.54 Å². The van der Waals surface area contributed by atoms with Crippen molar-refractivity contribution in [3.8, 4) is 11.5 Å². The smallest absolute Gasteiger partial charge is 0.326 e. The summed E-state index contributed by atoms with van der Waals surface area (Å²) >= 11 is 2.94. The zero-order valence-corrected chi connectivity index (χ0v) is 20.0. The molecule has 1 aromatic rings. The van der Waals surface area contributed by atoms with Crippen LogP contribution in [0.2, 0.25) is 0 Å². The number of rotatable bonds is 8. The molecule has 1 saturated heterocycles. The van der Waals surface area contributed by atoms with Crippen LogP contribution in [-0.4, -0.2) is 47.4 Å². The van der Waals surface area contributed by atoms with E-state index < -0.39 is 23.7 Å². The van der Waals surface area contributed by atoms with Crippen LogP contribution in [0, 0.1) is 3.57 Å². The Balaban J connectivity index is 2.28. The van der Waals surface area contributed by atoms with Crippen molar-refractivity contribution in [1.82, 2.24) is 4.90 Å². The van der Waals surface area contributed by atoms with E-state index >= 15 is 0 Å². The van der Waals surface area contributed by atoms with E-state index in [0.29, 0.717) is 23.7 Å². The molecular weight excluding hydrogens is 509 g/mol. The number of thioether (sulfide) groups is 1. The molecule has 0 radical (unpaired) electrons. The van der Waals surface area contributed by atoms with Crippen molar-refractivity contribution in [2.24, 2.45) is 0 Å². The number of benzene rings is 1. The summed E-state index contributed by atoms with van der Waals surface area (Å²) in [5.41, 5.74) is 0.698. The Labute approximate surface area is 188 Å². The standard InChI is InChI=1S/C20H24INO6S/c1-6-26-15-8-13(7-14(21)18(15)28-12(4)5)9-16-19(24)22(20(25)29-16)10-17(23)27-11(2)3/h7-9,11-12H,6,10H2,1-5H3/b16-9+. The first kappa shape index (κ1) is 23.5. The summed E-state index contributed by atoms with van der Waals surface area (Å²) in [6, 6.07) is 3.62. The maximum atomic E-state index is 12.6. The van der Waals surface area contributed by atoms with Gasteiger partial charge in [-0.05, 0) is 92.7 Å². The summed E-state index contributed by atoms with van der Waals surface area (Å²) in [5.74, 6) is 0.0753. The lowest BCUT2D eigenvalue weighted by Crippen LogP contribution is -2.35. The predicted molar refractivity (Wildman–Crippen MR) is 120 cm³/mol. The van der Waals surface area contributed by atoms with E-state index in [1.54, 1.807) is 26.0 Å². The number of esters is 1. The summed E-state index contributed by atoms with van der Waals surface area (Å²) in [7, 11) is 0. The summed E-state index contributed by atoms with van der Waals surface area (Å²) < 4.78 is 17.4. The fourth-order valence-electron chi connectivity index (χ4n) is 2.50. The Morgan fingerprint density at radius 3 is 2.48 bits per heavy atom. The monoisotopic (exact) mass is 533 g/mol. The van der Waals surface area contributed by atoms with E-state index in [-0.39, 0.29) is 17.1 Å². The highest BCUT2D eigenvalue weighted by molar-refractivity contribution is 14.1. The van der Waals surface area contributed by atoms with Crippen molar-refractivity contribution in [2.75, 3.05) is 13.2 Å². The van der Waals surface area contributed by atoms with Gasteiger partial charge in [-0.1, -0.05) is 0 Å². The van der Waals surface area contributed by atoms with E-state index in [1.165, 1.54) is 0 Å². The van der Waals surface area contributed by atoms with Crippen LogP contribution in [0.4, 0.5) is 4.79 Å². The lowest BCUT2D eigenvalue weighted by molar-refractivity contribution is -0.149. The predicted octanol–water partition coefficient (Wildman–Crippen LogP) is 4.47. The Kier molecular flexibility index (Phi) is 8.38. The molecule has 29 heavy (non-hydrogen) atoms. The molecule has 0 aliphatic carbocycles. The van der Waals surface area contributed by atoms with Gasteiger partial charge in [0.05, 0.1) is 27.3 Å². The second-order valence-electron chi connectivity index (χ2n) is 6.74. The quantitative estimate of drug-likeness (QED) is 0.277. The summed E-state index contributed by atoms with van der Waals surface area (Å²) in [6.07, 6.45) is 1.28. The first-order valence-corrected chi connectivity index (χ1v) is 11.1. The van der Waals surface area contributed by atoms with Gasteiger partial charge in [-0.3, -0.25) is 19.3 Å². The van der Waals surface area contributed by atoms with Gasteiger partial charge >= 0.3 is 5.97 Å². The minimum Gasteiger partial charge on any atom is -0.490 e. The highest BCUT2D eigenvalue weighted by Crippen LogP contribution is 2.38. The number of hydrogen-bond acceptors (Lipinski definition) is 7. The van der Waals surface area contributed by atoms with Gasteiger partial charge in [0, 0.05) is 0 Å². The molecule has 1 fully saturated rings. The first-order chi connectivity index (χ1) is 13.6. The number of halogens is 1. The molecule has 0 N–H and O–H groups in total. The maximum absolute atomic E-state index is 12.6. The zero-order chi connectivity index (χ0) is 21.7. The molecule has 9 heteroatoms. The summed E-state index contributed by atoms with van der Waals surface area (Å²) in [6.45, 7) is 9.21. The summed E-state index contributed by atoms with van der Waals surface area (Å²) in [4.78, 5) is 37.7. The van der Waals surface area contributed by atoms with Crippen molar-refractivity contribution < 1.29 is 28.6 Å². The van der Waals surface area contributed by atoms with E-state index in [1.807, 2.05) is 26.8 Å². The Morgan fingerprint density at radius 1 is 1.21 bits per heavy atom. The third kappa shape index (κ3) is 6.36. The Morgan fingerprint density at radius 2 is 1.90 bits per heavy atom. The van der Waals surface area contributed by atoms with E-state index in [4.69, 9.17) is 14.2 Å². The SMILES string of the molecule is CCOc1cc(/C=C2/SC(=O)N(CC(=O)OC(C)C)C2=O)cc(I)c1OC(C)C. The molecular formula is C20H24INO6S. The van der Waals surface area contributed by atoms with E-state index in [9.17, 15) is 14.4 Å². The molecule has 1 heterocycles. The number of carbonyl (C=O) groups is 3. The van der Waals surface area contributed by atoms with Crippen LogP contribution < -0.4 is 9.47 Å². The highest BCUT2D eigenvalue weighted by atomic mass is 127. The lowest BCUT2D eigenvalue weighted by Gasteiger charge is -2.17. The van der Waals surface area contributed by atoms with Crippen molar-refractivity contribution in [3.63, 3.8) is 0 Å². The molecule has 2 rings (SSSR count). The maximum Gasteiger partial charge on any atom is 0.326 e. The molecule has 7 nitrogen and oxygen atoms in total. The number of hydrogen-bond donors (Lipinski definition) is 0. The molecule has 0 spiro atoms. The minimum atomic E-state index is -0.619. The van der Waals surface area contributed by atoms with Crippen molar-refractivity contribution in [3.05, 3.63) is 26.2 Å². The fraction of sp³-hybridized carbons (Fsp3) is 0.450. The second kappa shape index (κ2) is 10.3. The molecule has 0 aromatic heterocycles. The van der Waals surface area contributed by atoms with Crippen LogP contribution in [0.1, 0.15) is 40.2 Å². The van der Waals surface area contributed by atoms with Crippen LogP contribution in [0.15, 0.2) is 17.0 Å². The second-order valence-corrected chi connectivity index (χ2v) is 8.89. The minimum absolute atomic E-state index is 0.0179. The molecule has 1 aliphatic heterocycles. The number of carbonyl (C=O) groups excluding carboxylic acids is 3. The van der Waals surface area contributed by atoms with E-state index in [2.05, 4.69) is 22.6 Å². The van der Waals surface area contributed by atoms with Crippen LogP contribution >= 0.6 is 34.4 Å². The number of amides is 2. The first-order valence-electron chi connectivity index (χ1n) is 9.20. The van der Waals surface area contributed by atoms with Gasteiger partial charge in [0.2, 0.25) is 0 Å². The molecule has 2 amide bonds. The van der Waals surface area contributed by atoms with Crippen LogP contribution in [0.5, 0.6) is 11.5 Å². The fourth-order valence-corrected chi connectivity index (χ4v) is 4.09. The number of imide groups is 1. The highest BCUT2D eigenvalue weighted by Gasteiger charge is 2.36. The van der Waals surface area contributed by atoms with Crippen LogP contribution in [-0.2, 0) is 14.3 Å². The topological polar surface area (TPSA) is 82.1 Å². The zero-order valence-electron chi connectivity index (χ0n) is 17.0. The number of nitrogens with zero attached hydrogens (tertiary/aromatic N) is 1. The summed E-state index contributed by atoms with van der Waals surface area (Å²) in [5, 5.41) is -0.499. The molecule has 0 unspecified atom stereocenters. The molecule has 0 atom stereocenters. The third-order valence-electron chi connectivity index (χ3n) is 3.51.